The Balaban J connectivity index is 1.46. The number of hydrogen-bond acceptors (Lipinski definition) is 2. The highest BCUT2D eigenvalue weighted by Gasteiger charge is 2.26. The maximum atomic E-state index is 12.8. The van der Waals surface area contributed by atoms with Crippen molar-refractivity contribution in [1.82, 2.24) is 15.5 Å². The lowest BCUT2D eigenvalue weighted by Gasteiger charge is -2.25. The number of hydrogen-bond donors (Lipinski definition) is 2. The van der Waals surface area contributed by atoms with Gasteiger partial charge in [0.1, 0.15) is 0 Å². The van der Waals surface area contributed by atoms with Crippen molar-refractivity contribution in [3.05, 3.63) is 65.9 Å². The molecule has 26 heavy (non-hydrogen) atoms. The predicted octanol–water partition coefficient (Wildman–Crippen LogP) is 4.02. The minimum atomic E-state index is 0.0761. The fourth-order valence-corrected chi connectivity index (χ4v) is 4.13. The van der Waals surface area contributed by atoms with Crippen LogP contribution in [0.3, 0.4) is 0 Å². The van der Waals surface area contributed by atoms with Crippen LogP contribution in [0.2, 0.25) is 0 Å². The number of carbonyl (C=O) groups excluding carboxylic acids is 1. The summed E-state index contributed by atoms with van der Waals surface area (Å²) in [5.41, 5.74) is 3.09. The first-order valence-corrected chi connectivity index (χ1v) is 9.55. The molecular weight excluding hydrogens is 322 g/mol. The lowest BCUT2D eigenvalue weighted by Crippen LogP contribution is -2.42. The van der Waals surface area contributed by atoms with Gasteiger partial charge >= 0.3 is 0 Å². The van der Waals surface area contributed by atoms with Gasteiger partial charge in [-0.2, -0.15) is 5.10 Å². The predicted molar refractivity (Wildman–Crippen MR) is 104 cm³/mol. The highest BCUT2D eigenvalue weighted by atomic mass is 16.1. The Bertz CT molecular complexity index is 865. The zero-order chi connectivity index (χ0) is 17.8. The molecule has 4 nitrogen and oxygen atoms in total. The van der Waals surface area contributed by atoms with E-state index in [0.717, 1.165) is 23.0 Å². The molecule has 3 aromatic rings. The van der Waals surface area contributed by atoms with Crippen LogP contribution in [0.25, 0.3) is 10.9 Å². The Kier molecular flexibility index (Phi) is 5.00. The van der Waals surface area contributed by atoms with E-state index in [1.165, 1.54) is 31.2 Å². The second-order valence-electron chi connectivity index (χ2n) is 7.30. The number of benzene rings is 2. The lowest BCUT2D eigenvalue weighted by molar-refractivity contribution is -0.121. The summed E-state index contributed by atoms with van der Waals surface area (Å²) in [5, 5.41) is 11.7. The molecule has 1 atom stereocenters. The second kappa shape index (κ2) is 7.73. The number of fused-ring (bicyclic) bond motifs is 1. The summed E-state index contributed by atoms with van der Waals surface area (Å²) in [4.78, 5) is 12.8. The van der Waals surface area contributed by atoms with Crippen molar-refractivity contribution in [2.75, 3.05) is 0 Å². The molecule has 2 aromatic carbocycles. The van der Waals surface area contributed by atoms with E-state index >= 15 is 0 Å². The van der Waals surface area contributed by atoms with Crippen LogP contribution in [0.1, 0.15) is 36.9 Å². The van der Waals surface area contributed by atoms with Gasteiger partial charge in [-0.25, -0.2) is 0 Å². The Hall–Kier alpha value is -2.62. The van der Waals surface area contributed by atoms with Gasteiger partial charge in [0.25, 0.3) is 0 Å². The van der Waals surface area contributed by atoms with Crippen molar-refractivity contribution in [2.45, 2.75) is 44.6 Å². The molecule has 1 aromatic heterocycles. The third kappa shape index (κ3) is 3.79. The fraction of sp³-hybridized carbons (Fsp3) is 0.364. The maximum Gasteiger partial charge on any atom is 0.226 e. The van der Waals surface area contributed by atoms with E-state index in [0.29, 0.717) is 12.3 Å². The van der Waals surface area contributed by atoms with Crippen LogP contribution in [0.15, 0.2) is 54.6 Å². The van der Waals surface area contributed by atoms with Crippen LogP contribution in [0.5, 0.6) is 0 Å². The zero-order valence-electron chi connectivity index (χ0n) is 14.9. The normalized spacial score (nSPS) is 16.0. The van der Waals surface area contributed by atoms with Gasteiger partial charge < -0.3 is 5.32 Å². The molecule has 1 heterocycles. The lowest BCUT2D eigenvalue weighted by atomic mass is 9.92. The largest absolute Gasteiger partial charge is 0.352 e. The van der Waals surface area contributed by atoms with Gasteiger partial charge in [0.2, 0.25) is 5.91 Å². The summed E-state index contributed by atoms with van der Waals surface area (Å²) in [6.07, 6.45) is 6.23. The third-order valence-electron chi connectivity index (χ3n) is 5.49. The number of aromatic nitrogens is 2. The molecule has 1 saturated carbocycles. The first-order chi connectivity index (χ1) is 12.8. The molecule has 0 radical (unpaired) electrons. The average molecular weight is 347 g/mol. The minimum absolute atomic E-state index is 0.0761. The van der Waals surface area contributed by atoms with E-state index in [-0.39, 0.29) is 11.9 Å². The van der Waals surface area contributed by atoms with E-state index in [2.05, 4.69) is 39.8 Å². The van der Waals surface area contributed by atoms with E-state index in [9.17, 15) is 4.79 Å². The number of carbonyl (C=O) groups is 1. The molecule has 1 aliphatic carbocycles. The highest BCUT2D eigenvalue weighted by Crippen LogP contribution is 2.29. The Morgan fingerprint density at radius 3 is 2.62 bits per heavy atom. The van der Waals surface area contributed by atoms with E-state index in [4.69, 9.17) is 0 Å². The molecular formula is C22H25N3O. The van der Waals surface area contributed by atoms with Crippen molar-refractivity contribution in [3.63, 3.8) is 0 Å². The standard InChI is InChI=1S/C22H25N3O/c26-22(15-21-18-12-6-7-13-19(18)24-25-21)23-20(17-10-4-5-11-17)14-16-8-2-1-3-9-16/h1-3,6-9,12-13,17,20H,4-5,10-11,14-15H2,(H,23,26)(H,24,25). The maximum absolute atomic E-state index is 12.8. The molecule has 4 heteroatoms. The van der Waals surface area contributed by atoms with Crippen molar-refractivity contribution < 1.29 is 4.79 Å². The van der Waals surface area contributed by atoms with Crippen LogP contribution in [-0.2, 0) is 17.6 Å². The molecule has 0 bridgehead atoms. The van der Waals surface area contributed by atoms with E-state index in [1.54, 1.807) is 0 Å². The topological polar surface area (TPSA) is 57.8 Å². The number of rotatable bonds is 6. The molecule has 1 unspecified atom stereocenters. The summed E-state index contributed by atoms with van der Waals surface area (Å²) >= 11 is 0. The Morgan fingerprint density at radius 2 is 1.81 bits per heavy atom. The van der Waals surface area contributed by atoms with Gasteiger partial charge in [0.15, 0.2) is 0 Å². The van der Waals surface area contributed by atoms with E-state index < -0.39 is 0 Å². The molecule has 0 aliphatic heterocycles. The Morgan fingerprint density at radius 1 is 1.08 bits per heavy atom. The number of aromatic amines is 1. The van der Waals surface area contributed by atoms with Crippen LogP contribution < -0.4 is 5.32 Å². The quantitative estimate of drug-likeness (QED) is 0.707. The molecule has 4 rings (SSSR count). The summed E-state index contributed by atoms with van der Waals surface area (Å²) in [5.74, 6) is 0.657. The summed E-state index contributed by atoms with van der Waals surface area (Å²) in [6.45, 7) is 0. The van der Waals surface area contributed by atoms with Crippen LogP contribution in [-0.4, -0.2) is 22.1 Å². The average Bonchev–Trinajstić information content (AvgIpc) is 3.33. The number of nitrogens with one attached hydrogen (secondary N) is 2. The molecule has 2 N–H and O–H groups in total. The van der Waals surface area contributed by atoms with Gasteiger partial charge in [-0.1, -0.05) is 61.4 Å². The van der Waals surface area contributed by atoms with Gasteiger partial charge in [0.05, 0.1) is 17.6 Å². The summed E-state index contributed by atoms with van der Waals surface area (Å²) in [6, 6.07) is 18.6. The van der Waals surface area contributed by atoms with Crippen molar-refractivity contribution in [3.8, 4) is 0 Å². The summed E-state index contributed by atoms with van der Waals surface area (Å²) < 4.78 is 0. The van der Waals surface area contributed by atoms with Crippen LogP contribution in [0.4, 0.5) is 0 Å². The highest BCUT2D eigenvalue weighted by molar-refractivity contribution is 5.87. The second-order valence-corrected chi connectivity index (χ2v) is 7.30. The molecule has 0 spiro atoms. The number of H-pyrrole nitrogens is 1. The smallest absolute Gasteiger partial charge is 0.226 e. The number of para-hydroxylation sites is 1. The van der Waals surface area contributed by atoms with Gasteiger partial charge in [0, 0.05) is 11.4 Å². The van der Waals surface area contributed by atoms with Crippen molar-refractivity contribution >= 4 is 16.8 Å². The molecule has 134 valence electrons. The molecule has 1 aliphatic rings. The van der Waals surface area contributed by atoms with Gasteiger partial charge in [-0.15, -0.1) is 0 Å². The van der Waals surface area contributed by atoms with Gasteiger partial charge in [-0.3, -0.25) is 9.89 Å². The van der Waals surface area contributed by atoms with Crippen molar-refractivity contribution in [1.29, 1.82) is 0 Å². The van der Waals surface area contributed by atoms with Crippen LogP contribution >= 0.6 is 0 Å². The van der Waals surface area contributed by atoms with E-state index in [1.807, 2.05) is 30.3 Å². The molecule has 1 amide bonds. The zero-order valence-corrected chi connectivity index (χ0v) is 14.9. The monoisotopic (exact) mass is 347 g/mol. The first-order valence-electron chi connectivity index (χ1n) is 9.55. The first kappa shape index (κ1) is 16.8. The molecule has 1 fully saturated rings. The van der Waals surface area contributed by atoms with Crippen molar-refractivity contribution in [2.24, 2.45) is 5.92 Å². The fourth-order valence-electron chi connectivity index (χ4n) is 4.13. The third-order valence-corrected chi connectivity index (χ3v) is 5.49. The number of nitrogens with zero attached hydrogens (tertiary/aromatic N) is 1. The summed E-state index contributed by atoms with van der Waals surface area (Å²) in [7, 11) is 0. The minimum Gasteiger partial charge on any atom is -0.352 e. The Labute approximate surface area is 154 Å². The van der Waals surface area contributed by atoms with Gasteiger partial charge in [-0.05, 0) is 36.8 Å². The van der Waals surface area contributed by atoms with Crippen LogP contribution in [0, 0.1) is 5.92 Å². The SMILES string of the molecule is O=C(Cc1[nH]nc2ccccc12)NC(Cc1ccccc1)C1CCCC1. The number of amides is 1. The molecule has 0 saturated heterocycles.